The third kappa shape index (κ3) is 4.91. The molecule has 0 fully saturated rings. The molecule has 1 aromatic rings. The van der Waals surface area contributed by atoms with Crippen LogP contribution < -0.4 is 0 Å². The van der Waals surface area contributed by atoms with Gasteiger partial charge in [-0.2, -0.15) is 0 Å². The maximum atomic E-state index is 11.1. The molecule has 0 aliphatic rings. The molecular formula is C14H18ClNO3. The van der Waals surface area contributed by atoms with Gasteiger partial charge in [0, 0.05) is 12.5 Å². The Morgan fingerprint density at radius 1 is 1.58 bits per heavy atom. The van der Waals surface area contributed by atoms with Crippen LogP contribution in [0.25, 0.3) is 6.08 Å². The predicted molar refractivity (Wildman–Crippen MR) is 76.8 cm³/mol. The smallest absolute Gasteiger partial charge is 0.247 e. The highest BCUT2D eigenvalue weighted by Crippen LogP contribution is 2.26. The number of phenolic OH excluding ortho intramolecular Hbond substituents is 1. The minimum absolute atomic E-state index is 0.0270. The van der Waals surface area contributed by atoms with Crippen LogP contribution in [0.5, 0.6) is 5.75 Å². The zero-order valence-electron chi connectivity index (χ0n) is 11.1. The summed E-state index contributed by atoms with van der Waals surface area (Å²) in [4.78, 5) is 10.7. The van der Waals surface area contributed by atoms with Gasteiger partial charge in [-0.3, -0.25) is 10.1 Å². The molecule has 1 rings (SSSR count). The lowest BCUT2D eigenvalue weighted by atomic mass is 9.99. The molecule has 0 aliphatic carbocycles. The number of benzene rings is 1. The van der Waals surface area contributed by atoms with Crippen molar-refractivity contribution in [2.75, 3.05) is 0 Å². The number of nitro groups is 1. The van der Waals surface area contributed by atoms with Crippen molar-refractivity contribution in [1.82, 2.24) is 0 Å². The SMILES string of the molecule is CCC[C@@H](C)C/C(=C\c1ccc(O)c(Cl)c1)[N+](=O)[O-]. The first-order valence-electron chi connectivity index (χ1n) is 6.27. The monoisotopic (exact) mass is 283 g/mol. The number of halogens is 1. The van der Waals surface area contributed by atoms with Gasteiger partial charge in [0.25, 0.3) is 0 Å². The maximum absolute atomic E-state index is 11.1. The van der Waals surface area contributed by atoms with Gasteiger partial charge in [0.1, 0.15) is 5.75 Å². The highest BCUT2D eigenvalue weighted by molar-refractivity contribution is 6.32. The largest absolute Gasteiger partial charge is 0.506 e. The fourth-order valence-electron chi connectivity index (χ4n) is 1.94. The second-order valence-electron chi connectivity index (χ2n) is 4.70. The Hall–Kier alpha value is -1.55. The summed E-state index contributed by atoms with van der Waals surface area (Å²) < 4.78 is 0. The molecule has 0 heterocycles. The van der Waals surface area contributed by atoms with Gasteiger partial charge in [0.2, 0.25) is 5.70 Å². The predicted octanol–water partition coefficient (Wildman–Crippen LogP) is 4.49. The maximum Gasteiger partial charge on any atom is 0.247 e. The number of nitrogens with zero attached hydrogens (tertiary/aromatic N) is 1. The van der Waals surface area contributed by atoms with Crippen LogP contribution >= 0.6 is 11.6 Å². The van der Waals surface area contributed by atoms with E-state index in [4.69, 9.17) is 11.6 Å². The van der Waals surface area contributed by atoms with Crippen LogP contribution in [0, 0.1) is 16.0 Å². The topological polar surface area (TPSA) is 63.4 Å². The van der Waals surface area contributed by atoms with Gasteiger partial charge in [-0.25, -0.2) is 0 Å². The van der Waals surface area contributed by atoms with Crippen molar-refractivity contribution >= 4 is 17.7 Å². The van der Waals surface area contributed by atoms with Gasteiger partial charge in [0.05, 0.1) is 9.95 Å². The van der Waals surface area contributed by atoms with Crippen LogP contribution in [0.3, 0.4) is 0 Å². The van der Waals surface area contributed by atoms with E-state index in [1.54, 1.807) is 6.07 Å². The fraction of sp³-hybridized carbons (Fsp3) is 0.429. The molecule has 104 valence electrons. The van der Waals surface area contributed by atoms with Crippen molar-refractivity contribution in [3.05, 3.63) is 44.6 Å². The summed E-state index contributed by atoms with van der Waals surface area (Å²) in [5, 5.41) is 20.6. The van der Waals surface area contributed by atoms with Crippen molar-refractivity contribution < 1.29 is 10.0 Å². The molecule has 0 aromatic heterocycles. The Morgan fingerprint density at radius 3 is 2.79 bits per heavy atom. The molecular weight excluding hydrogens is 266 g/mol. The number of rotatable bonds is 6. The van der Waals surface area contributed by atoms with Crippen LogP contribution in [0.4, 0.5) is 0 Å². The van der Waals surface area contributed by atoms with Crippen molar-refractivity contribution in [2.45, 2.75) is 33.1 Å². The van der Waals surface area contributed by atoms with E-state index < -0.39 is 0 Å². The number of aromatic hydroxyl groups is 1. The van der Waals surface area contributed by atoms with E-state index >= 15 is 0 Å². The van der Waals surface area contributed by atoms with Crippen molar-refractivity contribution in [3.8, 4) is 5.75 Å². The molecule has 1 N–H and O–H groups in total. The van der Waals surface area contributed by atoms with Gasteiger partial charge in [-0.1, -0.05) is 44.4 Å². The normalized spacial score (nSPS) is 13.3. The third-order valence-electron chi connectivity index (χ3n) is 2.88. The summed E-state index contributed by atoms with van der Waals surface area (Å²) in [6, 6.07) is 4.56. The first kappa shape index (κ1) is 15.5. The molecule has 0 spiro atoms. The highest BCUT2D eigenvalue weighted by atomic mass is 35.5. The first-order valence-corrected chi connectivity index (χ1v) is 6.65. The van der Waals surface area contributed by atoms with Gasteiger partial charge in [-0.05, 0) is 23.6 Å². The lowest BCUT2D eigenvalue weighted by molar-refractivity contribution is -0.427. The second-order valence-corrected chi connectivity index (χ2v) is 5.11. The third-order valence-corrected chi connectivity index (χ3v) is 3.18. The number of hydrogen-bond donors (Lipinski definition) is 1. The van der Waals surface area contributed by atoms with Gasteiger partial charge in [0.15, 0.2) is 0 Å². The number of hydrogen-bond acceptors (Lipinski definition) is 3. The van der Waals surface area contributed by atoms with Crippen molar-refractivity contribution in [1.29, 1.82) is 0 Å². The van der Waals surface area contributed by atoms with Crippen LogP contribution in [-0.2, 0) is 0 Å². The van der Waals surface area contributed by atoms with Gasteiger partial charge in [-0.15, -0.1) is 0 Å². The van der Waals surface area contributed by atoms with E-state index in [1.165, 1.54) is 18.2 Å². The molecule has 1 aromatic carbocycles. The van der Waals surface area contributed by atoms with E-state index in [0.29, 0.717) is 12.0 Å². The summed E-state index contributed by atoms with van der Waals surface area (Å²) in [5.74, 6) is 0.245. The molecule has 0 radical (unpaired) electrons. The lowest BCUT2D eigenvalue weighted by Crippen LogP contribution is -2.04. The van der Waals surface area contributed by atoms with Crippen molar-refractivity contribution in [3.63, 3.8) is 0 Å². The number of phenols is 1. The Labute approximate surface area is 117 Å². The molecule has 19 heavy (non-hydrogen) atoms. The molecule has 0 amide bonds. The standard InChI is InChI=1S/C14H18ClNO3/c1-3-4-10(2)7-12(16(18)19)8-11-5-6-14(17)13(15)9-11/h5-6,8-10,17H,3-4,7H2,1-2H3/b12-8+/t10-/m1/s1. The molecule has 0 saturated heterocycles. The van der Waals surface area contributed by atoms with Gasteiger partial charge >= 0.3 is 0 Å². The molecule has 1 atom stereocenters. The molecule has 0 aliphatic heterocycles. The second kappa shape index (κ2) is 7.14. The van der Waals surface area contributed by atoms with Crippen LogP contribution in [0.2, 0.25) is 5.02 Å². The molecule has 5 heteroatoms. The Balaban J connectivity index is 2.94. The quantitative estimate of drug-likeness (QED) is 0.618. The number of allylic oxidation sites excluding steroid dienone is 1. The van der Waals surface area contributed by atoms with Gasteiger partial charge < -0.3 is 5.11 Å². The molecule has 4 nitrogen and oxygen atoms in total. The lowest BCUT2D eigenvalue weighted by Gasteiger charge is -2.07. The van der Waals surface area contributed by atoms with E-state index in [9.17, 15) is 15.2 Å². The first-order chi connectivity index (χ1) is 8.93. The molecule has 0 saturated carbocycles. The summed E-state index contributed by atoms with van der Waals surface area (Å²) >= 11 is 5.78. The van der Waals surface area contributed by atoms with E-state index in [1.807, 2.05) is 6.92 Å². The summed E-state index contributed by atoms with van der Waals surface area (Å²) in [6.45, 7) is 4.07. The molecule has 0 bridgehead atoms. The highest BCUT2D eigenvalue weighted by Gasteiger charge is 2.15. The Bertz CT molecular complexity index is 486. The molecule has 0 unspecified atom stereocenters. The fourth-order valence-corrected chi connectivity index (χ4v) is 2.13. The summed E-state index contributed by atoms with van der Waals surface area (Å²) in [5.41, 5.74) is 0.793. The minimum atomic E-state index is -0.354. The summed E-state index contributed by atoms with van der Waals surface area (Å²) in [7, 11) is 0. The van der Waals surface area contributed by atoms with Crippen LogP contribution in [-0.4, -0.2) is 10.0 Å². The van der Waals surface area contributed by atoms with E-state index in [2.05, 4.69) is 6.92 Å². The van der Waals surface area contributed by atoms with Crippen molar-refractivity contribution in [2.24, 2.45) is 5.92 Å². The Kier molecular flexibility index (Phi) is 5.83. The zero-order valence-corrected chi connectivity index (χ0v) is 11.9. The zero-order chi connectivity index (χ0) is 14.4. The summed E-state index contributed by atoms with van der Waals surface area (Å²) in [6.07, 6.45) is 3.91. The van der Waals surface area contributed by atoms with E-state index in [0.717, 1.165) is 12.8 Å². The average molecular weight is 284 g/mol. The average Bonchev–Trinajstić information content (AvgIpc) is 2.33. The van der Waals surface area contributed by atoms with Crippen LogP contribution in [0.1, 0.15) is 38.7 Å². The van der Waals surface area contributed by atoms with E-state index in [-0.39, 0.29) is 27.3 Å². The minimum Gasteiger partial charge on any atom is -0.506 e. The van der Waals surface area contributed by atoms with Crippen LogP contribution in [0.15, 0.2) is 23.9 Å². The Morgan fingerprint density at radius 2 is 2.26 bits per heavy atom.